The molecule has 6 atom stereocenters. The fourth-order valence-electron chi connectivity index (χ4n) is 5.86. The topological polar surface area (TPSA) is 89.9 Å². The predicted octanol–water partition coefficient (Wildman–Crippen LogP) is 4.68. The number of carbonyl (C=O) groups excluding carboxylic acids is 2. The van der Waals surface area contributed by atoms with Gasteiger partial charge in [-0.05, 0) is 67.4 Å². The molecule has 3 rings (SSSR count). The number of aliphatic carboxylic acids is 1. The lowest BCUT2D eigenvalue weighted by molar-refractivity contribution is -0.157. The van der Waals surface area contributed by atoms with Crippen LogP contribution in [0, 0.1) is 28.6 Å². The third kappa shape index (κ3) is 4.44. The van der Waals surface area contributed by atoms with Crippen molar-refractivity contribution in [1.29, 1.82) is 0 Å². The number of fused-ring (bicyclic) bond motifs is 1. The van der Waals surface area contributed by atoms with Crippen LogP contribution < -0.4 is 0 Å². The first-order valence-electron chi connectivity index (χ1n) is 11.5. The molecule has 172 valence electrons. The average Bonchev–Trinajstić information content (AvgIpc) is 3.14. The van der Waals surface area contributed by atoms with Gasteiger partial charge in [0.25, 0.3) is 0 Å². The first kappa shape index (κ1) is 23.6. The monoisotopic (exact) mass is 432 g/mol. The second-order valence-electron chi connectivity index (χ2n) is 10.2. The number of carboxylic acid groups (broad SMARTS) is 1. The molecule has 0 aromatic carbocycles. The molecule has 3 aliphatic rings. The first-order chi connectivity index (χ1) is 14.5. The van der Waals surface area contributed by atoms with Crippen LogP contribution in [0.25, 0.3) is 0 Å². The summed E-state index contributed by atoms with van der Waals surface area (Å²) in [6.45, 7) is 10.7. The van der Waals surface area contributed by atoms with Crippen LogP contribution in [0.2, 0.25) is 0 Å². The van der Waals surface area contributed by atoms with Crippen LogP contribution in [0.5, 0.6) is 0 Å². The summed E-state index contributed by atoms with van der Waals surface area (Å²) < 4.78 is 10.8. The molecule has 6 heteroatoms. The molecule has 0 aromatic rings. The van der Waals surface area contributed by atoms with E-state index in [4.69, 9.17) is 9.47 Å². The van der Waals surface area contributed by atoms with Crippen molar-refractivity contribution in [3.63, 3.8) is 0 Å². The van der Waals surface area contributed by atoms with Gasteiger partial charge in [-0.3, -0.25) is 4.79 Å². The van der Waals surface area contributed by atoms with Crippen LogP contribution in [-0.4, -0.2) is 35.7 Å². The van der Waals surface area contributed by atoms with E-state index in [0.717, 1.165) is 31.3 Å². The molecule has 1 heterocycles. The summed E-state index contributed by atoms with van der Waals surface area (Å²) in [4.78, 5) is 36.2. The van der Waals surface area contributed by atoms with Gasteiger partial charge in [-0.25, -0.2) is 9.59 Å². The van der Waals surface area contributed by atoms with E-state index in [1.165, 1.54) is 0 Å². The van der Waals surface area contributed by atoms with Gasteiger partial charge in [-0.1, -0.05) is 34.6 Å². The smallest absolute Gasteiger partial charge is 0.331 e. The van der Waals surface area contributed by atoms with Crippen molar-refractivity contribution in [2.24, 2.45) is 28.6 Å². The summed E-state index contributed by atoms with van der Waals surface area (Å²) in [5.74, 6) is -1.23. The second kappa shape index (κ2) is 8.79. The molecular weight excluding hydrogens is 396 g/mol. The Hall–Kier alpha value is -2.11. The predicted molar refractivity (Wildman–Crippen MR) is 116 cm³/mol. The lowest BCUT2D eigenvalue weighted by Crippen LogP contribution is -2.53. The highest BCUT2D eigenvalue weighted by Gasteiger charge is 2.57. The minimum Gasteiger partial charge on any atom is -0.478 e. The molecule has 0 aromatic heterocycles. The fraction of sp³-hybridized carbons (Fsp3) is 0.720. The van der Waals surface area contributed by atoms with E-state index in [9.17, 15) is 19.5 Å². The number of rotatable bonds is 7. The highest BCUT2D eigenvalue weighted by Crippen LogP contribution is 2.62. The minimum absolute atomic E-state index is 0.0632. The van der Waals surface area contributed by atoms with Gasteiger partial charge in [0.1, 0.15) is 12.7 Å². The molecule has 2 aliphatic carbocycles. The largest absolute Gasteiger partial charge is 0.478 e. The molecule has 1 unspecified atom stereocenters. The van der Waals surface area contributed by atoms with E-state index in [2.05, 4.69) is 20.8 Å². The summed E-state index contributed by atoms with van der Waals surface area (Å²) >= 11 is 0. The second-order valence-corrected chi connectivity index (χ2v) is 10.2. The highest BCUT2D eigenvalue weighted by atomic mass is 16.5. The van der Waals surface area contributed by atoms with Gasteiger partial charge in [-0.2, -0.15) is 0 Å². The zero-order chi connectivity index (χ0) is 23.0. The number of carboxylic acids is 1. The number of hydrogen-bond acceptors (Lipinski definition) is 5. The molecule has 0 spiro atoms. The zero-order valence-electron chi connectivity index (χ0n) is 19.4. The maximum atomic E-state index is 12.5. The Labute approximate surface area is 185 Å². The summed E-state index contributed by atoms with van der Waals surface area (Å²) in [6.07, 6.45) is 7.40. The maximum Gasteiger partial charge on any atom is 0.331 e. The number of ether oxygens (including phenoxy) is 2. The molecule has 1 N–H and O–H groups in total. The molecule has 0 bridgehead atoms. The molecule has 0 amide bonds. The Kier molecular flexibility index (Phi) is 6.68. The maximum absolute atomic E-state index is 12.5. The van der Waals surface area contributed by atoms with Gasteiger partial charge in [-0.15, -0.1) is 0 Å². The van der Waals surface area contributed by atoms with Crippen LogP contribution in [0.15, 0.2) is 23.3 Å². The van der Waals surface area contributed by atoms with Crippen LogP contribution in [0.4, 0.5) is 0 Å². The molecule has 31 heavy (non-hydrogen) atoms. The van der Waals surface area contributed by atoms with Crippen molar-refractivity contribution < 1.29 is 29.0 Å². The van der Waals surface area contributed by atoms with E-state index < -0.39 is 17.5 Å². The third-order valence-electron chi connectivity index (χ3n) is 8.44. The summed E-state index contributed by atoms with van der Waals surface area (Å²) in [6, 6.07) is 0. The lowest BCUT2D eigenvalue weighted by atomic mass is 9.46. The third-order valence-corrected chi connectivity index (χ3v) is 8.44. The molecule has 0 radical (unpaired) electrons. The Morgan fingerprint density at radius 2 is 2.06 bits per heavy atom. The summed E-state index contributed by atoms with van der Waals surface area (Å²) in [5.41, 5.74) is 0.760. The fourth-order valence-corrected chi connectivity index (χ4v) is 5.86. The van der Waals surface area contributed by atoms with Gasteiger partial charge >= 0.3 is 17.9 Å². The molecule has 6 nitrogen and oxygen atoms in total. The standard InChI is InChI=1S/C25H36O6/c1-6-15(2)23(29)31-18-12-19(22(27)28)25(5)9-7-16(3)24(4,20(25)13-18)10-8-17-11-21(26)30-14-17/h11-12,15-16,18,20H,6-10,13-14H2,1-5H3,(H,27,28)/t15?,16-,18-,20-,24+,25+/m1/s1. The first-order valence-corrected chi connectivity index (χ1v) is 11.5. The number of esters is 2. The molecular formula is C25H36O6. The number of carbonyl (C=O) groups is 3. The van der Waals surface area contributed by atoms with Crippen LogP contribution >= 0.6 is 0 Å². The molecule has 1 saturated carbocycles. The molecule has 0 saturated heterocycles. The van der Waals surface area contributed by atoms with Crippen molar-refractivity contribution >= 4 is 17.9 Å². The minimum atomic E-state index is -0.925. The van der Waals surface area contributed by atoms with Crippen molar-refractivity contribution in [2.45, 2.75) is 79.2 Å². The van der Waals surface area contributed by atoms with Crippen LogP contribution in [-0.2, 0) is 23.9 Å². The van der Waals surface area contributed by atoms with Gasteiger partial charge in [0.15, 0.2) is 0 Å². The Bertz CT molecular complexity index is 811. The van der Waals surface area contributed by atoms with Crippen molar-refractivity contribution in [3.05, 3.63) is 23.3 Å². The van der Waals surface area contributed by atoms with Crippen LogP contribution in [0.1, 0.15) is 73.1 Å². The zero-order valence-corrected chi connectivity index (χ0v) is 19.4. The Balaban J connectivity index is 1.91. The van der Waals surface area contributed by atoms with Gasteiger partial charge in [0.05, 0.1) is 5.92 Å². The van der Waals surface area contributed by atoms with E-state index in [1.807, 2.05) is 13.8 Å². The Morgan fingerprint density at radius 3 is 2.65 bits per heavy atom. The van der Waals surface area contributed by atoms with Crippen molar-refractivity contribution in [2.75, 3.05) is 6.61 Å². The highest BCUT2D eigenvalue weighted by molar-refractivity contribution is 5.89. The van der Waals surface area contributed by atoms with Gasteiger partial charge in [0.2, 0.25) is 0 Å². The van der Waals surface area contributed by atoms with E-state index >= 15 is 0 Å². The Morgan fingerprint density at radius 1 is 1.35 bits per heavy atom. The van der Waals surface area contributed by atoms with Crippen molar-refractivity contribution in [3.8, 4) is 0 Å². The van der Waals surface area contributed by atoms with E-state index in [0.29, 0.717) is 30.9 Å². The van der Waals surface area contributed by atoms with Gasteiger partial charge in [0, 0.05) is 17.1 Å². The van der Waals surface area contributed by atoms with E-state index in [-0.39, 0.29) is 29.2 Å². The normalized spacial score (nSPS) is 36.0. The summed E-state index contributed by atoms with van der Waals surface area (Å²) in [5, 5.41) is 10.0. The molecule has 1 fully saturated rings. The van der Waals surface area contributed by atoms with Gasteiger partial charge < -0.3 is 14.6 Å². The van der Waals surface area contributed by atoms with Crippen molar-refractivity contribution in [1.82, 2.24) is 0 Å². The SMILES string of the molecule is CCC(C)C(=O)O[C@@H]1C=C(C(=O)O)[C@]2(C)CC[C@@H](C)[C@](C)(CCC3=CC(=O)OC3)[C@H]2C1. The van der Waals surface area contributed by atoms with E-state index in [1.54, 1.807) is 12.2 Å². The molecule has 1 aliphatic heterocycles. The summed E-state index contributed by atoms with van der Waals surface area (Å²) in [7, 11) is 0. The number of hydrogen-bond donors (Lipinski definition) is 1. The quantitative estimate of drug-likeness (QED) is 0.588. The number of cyclic esters (lactones) is 1. The average molecular weight is 433 g/mol. The lowest BCUT2D eigenvalue weighted by Gasteiger charge is -2.58. The van der Waals surface area contributed by atoms with Crippen LogP contribution in [0.3, 0.4) is 0 Å².